The Balaban J connectivity index is 2.24. The van der Waals surface area contributed by atoms with Gasteiger partial charge in [-0.2, -0.15) is 5.26 Å². The lowest BCUT2D eigenvalue weighted by atomic mass is 9.86. The number of nitro benzene ring substituents is 1. The van der Waals surface area contributed by atoms with Gasteiger partial charge in [-0.15, -0.1) is 0 Å². The Bertz CT molecular complexity index is 551. The highest BCUT2D eigenvalue weighted by Gasteiger charge is 2.24. The fourth-order valence-electron chi connectivity index (χ4n) is 2.96. The first-order valence-electron chi connectivity index (χ1n) is 6.94. The van der Waals surface area contributed by atoms with Crippen molar-refractivity contribution in [3.63, 3.8) is 0 Å². The van der Waals surface area contributed by atoms with Crippen LogP contribution in [0.2, 0.25) is 0 Å². The maximum atomic E-state index is 10.8. The third-order valence-corrected chi connectivity index (χ3v) is 4.16. The SMILES string of the molecule is CC1CCCC(N(C)c2ccc([N+](=O)[O-])c(C#N)c2)C1. The molecule has 0 bridgehead atoms. The van der Waals surface area contributed by atoms with Crippen LogP contribution in [0.1, 0.15) is 38.2 Å². The molecule has 1 aromatic carbocycles. The quantitative estimate of drug-likeness (QED) is 0.624. The van der Waals surface area contributed by atoms with Crippen molar-refractivity contribution >= 4 is 11.4 Å². The summed E-state index contributed by atoms with van der Waals surface area (Å²) in [6.45, 7) is 2.26. The number of anilines is 1. The third-order valence-electron chi connectivity index (χ3n) is 4.16. The number of rotatable bonds is 3. The van der Waals surface area contributed by atoms with Crippen LogP contribution in [0.25, 0.3) is 0 Å². The average Bonchev–Trinajstić information content (AvgIpc) is 2.45. The largest absolute Gasteiger partial charge is 0.372 e. The van der Waals surface area contributed by atoms with Gasteiger partial charge in [0.1, 0.15) is 11.6 Å². The molecule has 0 amide bonds. The lowest BCUT2D eigenvalue weighted by Gasteiger charge is -2.35. The van der Waals surface area contributed by atoms with Crippen molar-refractivity contribution < 1.29 is 4.92 Å². The Morgan fingerprint density at radius 1 is 1.45 bits per heavy atom. The molecular formula is C15H19N3O2. The monoisotopic (exact) mass is 273 g/mol. The van der Waals surface area contributed by atoms with Gasteiger partial charge in [-0.25, -0.2) is 0 Å². The van der Waals surface area contributed by atoms with E-state index in [0.717, 1.165) is 18.5 Å². The Morgan fingerprint density at radius 3 is 2.80 bits per heavy atom. The minimum absolute atomic E-state index is 0.123. The van der Waals surface area contributed by atoms with Crippen molar-refractivity contribution in [3.8, 4) is 6.07 Å². The predicted molar refractivity (Wildman–Crippen MR) is 77.6 cm³/mol. The zero-order valence-electron chi connectivity index (χ0n) is 11.9. The van der Waals surface area contributed by atoms with Crippen LogP contribution in [-0.4, -0.2) is 18.0 Å². The number of hydrogen-bond acceptors (Lipinski definition) is 4. The molecule has 1 aromatic rings. The second-order valence-electron chi connectivity index (χ2n) is 5.61. The topological polar surface area (TPSA) is 70.2 Å². The van der Waals surface area contributed by atoms with E-state index in [1.807, 2.05) is 13.1 Å². The van der Waals surface area contributed by atoms with E-state index in [4.69, 9.17) is 5.26 Å². The highest BCUT2D eigenvalue weighted by Crippen LogP contribution is 2.31. The van der Waals surface area contributed by atoms with Crippen LogP contribution in [0, 0.1) is 27.4 Å². The highest BCUT2D eigenvalue weighted by molar-refractivity contribution is 5.60. The molecule has 0 aliphatic heterocycles. The minimum Gasteiger partial charge on any atom is -0.372 e. The summed E-state index contributed by atoms with van der Waals surface area (Å²) in [5.74, 6) is 0.713. The average molecular weight is 273 g/mol. The molecule has 2 unspecified atom stereocenters. The molecule has 0 radical (unpaired) electrons. The maximum Gasteiger partial charge on any atom is 0.287 e. The van der Waals surface area contributed by atoms with Crippen molar-refractivity contribution in [2.75, 3.05) is 11.9 Å². The molecule has 0 heterocycles. The van der Waals surface area contributed by atoms with Gasteiger partial charge < -0.3 is 4.90 Å². The smallest absolute Gasteiger partial charge is 0.287 e. The summed E-state index contributed by atoms with van der Waals surface area (Å²) in [4.78, 5) is 12.5. The summed E-state index contributed by atoms with van der Waals surface area (Å²) >= 11 is 0. The molecule has 0 spiro atoms. The van der Waals surface area contributed by atoms with Gasteiger partial charge in [0.05, 0.1) is 4.92 Å². The summed E-state index contributed by atoms with van der Waals surface area (Å²) in [6.07, 6.45) is 4.76. The Morgan fingerprint density at radius 2 is 2.20 bits per heavy atom. The van der Waals surface area contributed by atoms with Crippen LogP contribution in [0.5, 0.6) is 0 Å². The molecule has 0 aromatic heterocycles. The Labute approximate surface area is 119 Å². The van der Waals surface area contributed by atoms with Crippen LogP contribution in [-0.2, 0) is 0 Å². The minimum atomic E-state index is -0.509. The molecule has 2 atom stereocenters. The summed E-state index contributed by atoms with van der Waals surface area (Å²) in [5, 5.41) is 19.9. The van der Waals surface area contributed by atoms with Crippen LogP contribution in [0.3, 0.4) is 0 Å². The normalized spacial score (nSPS) is 22.1. The summed E-state index contributed by atoms with van der Waals surface area (Å²) in [6, 6.07) is 7.15. The van der Waals surface area contributed by atoms with Crippen molar-refractivity contribution in [1.29, 1.82) is 5.26 Å². The van der Waals surface area contributed by atoms with E-state index in [0.29, 0.717) is 12.0 Å². The maximum absolute atomic E-state index is 10.8. The van der Waals surface area contributed by atoms with Gasteiger partial charge in [0.15, 0.2) is 0 Å². The molecule has 1 aliphatic rings. The first kappa shape index (κ1) is 14.3. The van der Waals surface area contributed by atoms with Crippen LogP contribution < -0.4 is 4.90 Å². The zero-order chi connectivity index (χ0) is 14.7. The first-order chi connectivity index (χ1) is 9.52. The van der Waals surface area contributed by atoms with E-state index in [-0.39, 0.29) is 11.3 Å². The molecule has 5 nitrogen and oxygen atoms in total. The van der Waals surface area contributed by atoms with Gasteiger partial charge >= 0.3 is 0 Å². The van der Waals surface area contributed by atoms with Crippen LogP contribution >= 0.6 is 0 Å². The summed E-state index contributed by atoms with van der Waals surface area (Å²) in [7, 11) is 2.00. The van der Waals surface area contributed by atoms with Gasteiger partial charge in [-0.3, -0.25) is 10.1 Å². The number of benzene rings is 1. The first-order valence-corrected chi connectivity index (χ1v) is 6.94. The van der Waals surface area contributed by atoms with E-state index in [9.17, 15) is 10.1 Å². The summed E-state index contributed by atoms with van der Waals surface area (Å²) < 4.78 is 0. The molecule has 1 saturated carbocycles. The zero-order valence-corrected chi connectivity index (χ0v) is 11.9. The van der Waals surface area contributed by atoms with Gasteiger partial charge in [-0.1, -0.05) is 19.8 Å². The van der Waals surface area contributed by atoms with E-state index in [1.54, 1.807) is 12.1 Å². The van der Waals surface area contributed by atoms with Crippen molar-refractivity contribution in [1.82, 2.24) is 0 Å². The third kappa shape index (κ3) is 2.90. The van der Waals surface area contributed by atoms with E-state index in [2.05, 4.69) is 11.8 Å². The fraction of sp³-hybridized carbons (Fsp3) is 0.533. The van der Waals surface area contributed by atoms with Crippen molar-refractivity contribution in [2.45, 2.75) is 38.6 Å². The standard InChI is InChI=1S/C15H19N3O2/c1-11-4-3-5-13(8-11)17(2)14-6-7-15(18(19)20)12(9-14)10-16/h6-7,9,11,13H,3-5,8H2,1-2H3. The summed E-state index contributed by atoms with van der Waals surface area (Å²) in [5.41, 5.74) is 0.885. The Hall–Kier alpha value is -2.09. The van der Waals surface area contributed by atoms with Crippen LogP contribution in [0.15, 0.2) is 18.2 Å². The number of nitrogens with zero attached hydrogens (tertiary/aromatic N) is 3. The van der Waals surface area contributed by atoms with E-state index < -0.39 is 4.92 Å². The van der Waals surface area contributed by atoms with Gasteiger partial charge in [0.25, 0.3) is 5.69 Å². The highest BCUT2D eigenvalue weighted by atomic mass is 16.6. The number of hydrogen-bond donors (Lipinski definition) is 0. The lowest BCUT2D eigenvalue weighted by Crippen LogP contribution is -2.35. The second kappa shape index (κ2) is 5.91. The number of nitriles is 1. The molecular weight excluding hydrogens is 254 g/mol. The molecule has 0 saturated heterocycles. The van der Waals surface area contributed by atoms with Crippen molar-refractivity contribution in [2.24, 2.45) is 5.92 Å². The van der Waals surface area contributed by atoms with Gasteiger partial charge in [0.2, 0.25) is 0 Å². The molecule has 20 heavy (non-hydrogen) atoms. The molecule has 106 valence electrons. The number of nitro groups is 1. The molecule has 1 aliphatic carbocycles. The lowest BCUT2D eigenvalue weighted by molar-refractivity contribution is -0.385. The molecule has 1 fully saturated rings. The Kier molecular flexibility index (Phi) is 4.23. The fourth-order valence-corrected chi connectivity index (χ4v) is 2.96. The second-order valence-corrected chi connectivity index (χ2v) is 5.61. The van der Waals surface area contributed by atoms with E-state index in [1.165, 1.54) is 18.9 Å². The molecule has 0 N–H and O–H groups in total. The van der Waals surface area contributed by atoms with E-state index >= 15 is 0 Å². The predicted octanol–water partition coefficient (Wildman–Crippen LogP) is 3.48. The van der Waals surface area contributed by atoms with Gasteiger partial charge in [-0.05, 0) is 30.9 Å². The molecule has 5 heteroatoms. The van der Waals surface area contributed by atoms with Gasteiger partial charge in [0, 0.05) is 24.8 Å². The molecule has 2 rings (SSSR count). The van der Waals surface area contributed by atoms with Crippen LogP contribution in [0.4, 0.5) is 11.4 Å². The van der Waals surface area contributed by atoms with Crippen molar-refractivity contribution in [3.05, 3.63) is 33.9 Å².